The highest BCUT2D eigenvalue weighted by Crippen LogP contribution is 2.34. The molecule has 0 spiro atoms. The van der Waals surface area contributed by atoms with E-state index in [0.717, 1.165) is 19.4 Å². The summed E-state index contributed by atoms with van der Waals surface area (Å²) in [6.45, 7) is 2.39. The fraction of sp³-hybridized carbons (Fsp3) is 0.500. The Balaban J connectivity index is 1.87. The minimum Gasteiger partial charge on any atom is -0.486 e. The van der Waals surface area contributed by atoms with Gasteiger partial charge in [-0.25, -0.2) is 0 Å². The molecule has 5 nitrogen and oxygen atoms in total. The lowest BCUT2D eigenvalue weighted by molar-refractivity contribution is 0.0698. The minimum absolute atomic E-state index is 0.0162. The van der Waals surface area contributed by atoms with E-state index in [-0.39, 0.29) is 11.9 Å². The van der Waals surface area contributed by atoms with Crippen molar-refractivity contribution in [1.29, 1.82) is 0 Å². The number of fused-ring (bicyclic) bond motifs is 1. The molecular formula is C14H18N2O3. The van der Waals surface area contributed by atoms with E-state index >= 15 is 0 Å². The van der Waals surface area contributed by atoms with Crippen LogP contribution in [-0.2, 0) is 0 Å². The van der Waals surface area contributed by atoms with E-state index in [1.807, 2.05) is 17.0 Å². The number of nitrogens with zero attached hydrogens (tertiary/aromatic N) is 1. The van der Waals surface area contributed by atoms with Crippen molar-refractivity contribution in [3.8, 4) is 11.5 Å². The molecule has 0 unspecified atom stereocenters. The maximum Gasteiger partial charge on any atom is 0.257 e. The molecule has 0 saturated carbocycles. The maximum absolute atomic E-state index is 12.6. The first-order valence-corrected chi connectivity index (χ1v) is 6.69. The monoisotopic (exact) mass is 262 g/mol. The fourth-order valence-corrected chi connectivity index (χ4v) is 2.61. The second-order valence-corrected chi connectivity index (χ2v) is 4.98. The van der Waals surface area contributed by atoms with Crippen LogP contribution >= 0.6 is 0 Å². The Morgan fingerprint density at radius 3 is 3.00 bits per heavy atom. The van der Waals surface area contributed by atoms with Crippen LogP contribution in [-0.4, -0.2) is 43.2 Å². The van der Waals surface area contributed by atoms with Gasteiger partial charge in [0.15, 0.2) is 11.5 Å². The lowest BCUT2D eigenvalue weighted by atomic mass is 10.0. The van der Waals surface area contributed by atoms with Crippen molar-refractivity contribution in [3.63, 3.8) is 0 Å². The average Bonchev–Trinajstić information content (AvgIpc) is 2.46. The molecule has 5 heteroatoms. The minimum atomic E-state index is -0.0162. The van der Waals surface area contributed by atoms with Crippen molar-refractivity contribution in [2.45, 2.75) is 18.9 Å². The summed E-state index contributed by atoms with van der Waals surface area (Å²) >= 11 is 0. The van der Waals surface area contributed by atoms with E-state index in [2.05, 4.69) is 0 Å². The molecule has 2 N–H and O–H groups in total. The number of likely N-dealkylation sites (tertiary alicyclic amines) is 1. The highest BCUT2D eigenvalue weighted by atomic mass is 16.6. The van der Waals surface area contributed by atoms with Crippen LogP contribution in [0.3, 0.4) is 0 Å². The Hall–Kier alpha value is -1.75. The zero-order valence-electron chi connectivity index (χ0n) is 10.8. The number of piperidine rings is 1. The summed E-state index contributed by atoms with van der Waals surface area (Å²) < 4.78 is 11.1. The van der Waals surface area contributed by atoms with Crippen molar-refractivity contribution in [1.82, 2.24) is 4.90 Å². The predicted octanol–water partition coefficient (Wildman–Crippen LogP) is 1.02. The number of nitrogens with two attached hydrogens (primary N) is 1. The lowest BCUT2D eigenvalue weighted by Crippen LogP contribution is -2.45. The molecule has 1 aromatic carbocycles. The molecule has 1 amide bonds. The third-order valence-electron chi connectivity index (χ3n) is 3.54. The Morgan fingerprint density at radius 1 is 1.32 bits per heavy atom. The van der Waals surface area contributed by atoms with Gasteiger partial charge in [0.25, 0.3) is 5.91 Å². The van der Waals surface area contributed by atoms with E-state index in [1.54, 1.807) is 6.07 Å². The molecule has 19 heavy (non-hydrogen) atoms. The third-order valence-corrected chi connectivity index (χ3v) is 3.54. The first kappa shape index (κ1) is 12.3. The molecule has 2 aliphatic heterocycles. The Morgan fingerprint density at radius 2 is 2.16 bits per heavy atom. The molecule has 0 aromatic heterocycles. The van der Waals surface area contributed by atoms with Crippen LogP contribution in [0.15, 0.2) is 18.2 Å². The van der Waals surface area contributed by atoms with Gasteiger partial charge in [0.2, 0.25) is 0 Å². The number of rotatable bonds is 1. The summed E-state index contributed by atoms with van der Waals surface area (Å²) in [6.07, 6.45) is 1.94. The summed E-state index contributed by atoms with van der Waals surface area (Å²) in [5.41, 5.74) is 6.50. The number of para-hydroxylation sites is 1. The summed E-state index contributed by atoms with van der Waals surface area (Å²) in [4.78, 5) is 14.4. The second-order valence-electron chi connectivity index (χ2n) is 4.98. The van der Waals surface area contributed by atoms with Gasteiger partial charge in [0.1, 0.15) is 13.2 Å². The van der Waals surface area contributed by atoms with Crippen molar-refractivity contribution < 1.29 is 14.3 Å². The topological polar surface area (TPSA) is 64.8 Å². The molecule has 2 heterocycles. The molecule has 0 radical (unpaired) electrons. The number of carbonyl (C=O) groups excluding carboxylic acids is 1. The number of ether oxygens (including phenoxy) is 2. The van der Waals surface area contributed by atoms with Crippen molar-refractivity contribution >= 4 is 5.91 Å². The molecule has 1 atom stereocenters. The molecule has 1 aromatic rings. The van der Waals surface area contributed by atoms with Crippen molar-refractivity contribution in [2.75, 3.05) is 26.3 Å². The SMILES string of the molecule is N[C@@H]1CCCN(C(=O)c2cccc3c2OCCO3)C1. The summed E-state index contributed by atoms with van der Waals surface area (Å²) in [7, 11) is 0. The molecule has 0 aliphatic carbocycles. The van der Waals surface area contributed by atoms with Gasteiger partial charge >= 0.3 is 0 Å². The van der Waals surface area contributed by atoms with Gasteiger partial charge in [-0.2, -0.15) is 0 Å². The van der Waals surface area contributed by atoms with Crippen molar-refractivity contribution in [3.05, 3.63) is 23.8 Å². The molecular weight excluding hydrogens is 244 g/mol. The Bertz CT molecular complexity index is 490. The van der Waals surface area contributed by atoms with Crippen LogP contribution in [0.25, 0.3) is 0 Å². The van der Waals surface area contributed by atoms with Gasteiger partial charge < -0.3 is 20.1 Å². The number of hydrogen-bond donors (Lipinski definition) is 1. The van der Waals surface area contributed by atoms with E-state index < -0.39 is 0 Å². The quantitative estimate of drug-likeness (QED) is 0.820. The Labute approximate surface area is 112 Å². The van der Waals surface area contributed by atoms with E-state index in [1.165, 1.54) is 0 Å². The Kier molecular flexibility index (Phi) is 3.29. The molecule has 102 valence electrons. The normalized spacial score (nSPS) is 22.2. The number of hydrogen-bond acceptors (Lipinski definition) is 4. The van der Waals surface area contributed by atoms with Crippen LogP contribution in [0.2, 0.25) is 0 Å². The highest BCUT2D eigenvalue weighted by Gasteiger charge is 2.27. The van der Waals surface area contributed by atoms with Gasteiger partial charge in [-0.1, -0.05) is 6.07 Å². The van der Waals surface area contributed by atoms with Crippen LogP contribution < -0.4 is 15.2 Å². The first-order chi connectivity index (χ1) is 9.25. The largest absolute Gasteiger partial charge is 0.486 e. The van der Waals surface area contributed by atoms with Crippen LogP contribution in [0.5, 0.6) is 11.5 Å². The fourth-order valence-electron chi connectivity index (χ4n) is 2.61. The summed E-state index contributed by atoms with van der Waals surface area (Å²) in [5, 5.41) is 0. The zero-order chi connectivity index (χ0) is 13.2. The van der Waals surface area contributed by atoms with Gasteiger partial charge in [-0.3, -0.25) is 4.79 Å². The second kappa shape index (κ2) is 5.09. The molecule has 1 saturated heterocycles. The van der Waals surface area contributed by atoms with E-state index in [4.69, 9.17) is 15.2 Å². The third kappa shape index (κ3) is 2.38. The predicted molar refractivity (Wildman–Crippen MR) is 70.5 cm³/mol. The smallest absolute Gasteiger partial charge is 0.257 e. The number of amides is 1. The standard InChI is InChI=1S/C14H18N2O3/c15-10-3-2-6-16(9-10)14(17)11-4-1-5-12-13(11)19-8-7-18-12/h1,4-5,10H,2-3,6-9,15H2/t10-/m1/s1. The summed E-state index contributed by atoms with van der Waals surface area (Å²) in [5.74, 6) is 1.20. The van der Waals surface area contributed by atoms with Gasteiger partial charge in [0, 0.05) is 19.1 Å². The average molecular weight is 262 g/mol. The van der Waals surface area contributed by atoms with Gasteiger partial charge in [0.05, 0.1) is 5.56 Å². The highest BCUT2D eigenvalue weighted by molar-refractivity contribution is 5.98. The zero-order valence-corrected chi connectivity index (χ0v) is 10.8. The van der Waals surface area contributed by atoms with Gasteiger partial charge in [-0.15, -0.1) is 0 Å². The van der Waals surface area contributed by atoms with Crippen LogP contribution in [0.4, 0.5) is 0 Å². The maximum atomic E-state index is 12.6. The molecule has 2 aliphatic rings. The van der Waals surface area contributed by atoms with Crippen molar-refractivity contribution in [2.24, 2.45) is 5.73 Å². The van der Waals surface area contributed by atoms with Gasteiger partial charge in [-0.05, 0) is 25.0 Å². The van der Waals surface area contributed by atoms with Crippen LogP contribution in [0, 0.1) is 0 Å². The number of carbonyl (C=O) groups is 1. The first-order valence-electron chi connectivity index (χ1n) is 6.69. The van der Waals surface area contributed by atoms with Crippen LogP contribution in [0.1, 0.15) is 23.2 Å². The molecule has 1 fully saturated rings. The van der Waals surface area contributed by atoms with E-state index in [0.29, 0.717) is 36.8 Å². The summed E-state index contributed by atoms with van der Waals surface area (Å²) in [6, 6.07) is 5.52. The lowest BCUT2D eigenvalue weighted by Gasteiger charge is -2.31. The van der Waals surface area contributed by atoms with E-state index in [9.17, 15) is 4.79 Å². The molecule has 0 bridgehead atoms. The molecule has 3 rings (SSSR count). The number of benzene rings is 1.